The van der Waals surface area contributed by atoms with Crippen molar-refractivity contribution in [2.24, 2.45) is 0 Å². The van der Waals surface area contributed by atoms with Crippen LogP contribution in [0.2, 0.25) is 0 Å². The lowest BCUT2D eigenvalue weighted by Gasteiger charge is -2.23. The topological polar surface area (TPSA) is 49.8 Å². The quantitative estimate of drug-likeness (QED) is 0.686. The van der Waals surface area contributed by atoms with E-state index >= 15 is 0 Å². The lowest BCUT2D eigenvalue weighted by atomic mass is 9.96. The standard InChI is InChI=1S/C20H23F3N4/c21-20(22,23)14-8-10-16(11-9-14)24-18-12-17(13-6-7-13)26-19(27-18)25-15-4-2-1-3-5-15/h8-13,15H,1-7H2,(H2,24,25,26,27). The van der Waals surface area contributed by atoms with Gasteiger partial charge in [0.25, 0.3) is 0 Å². The van der Waals surface area contributed by atoms with Crippen LogP contribution in [-0.2, 0) is 6.18 Å². The molecule has 144 valence electrons. The van der Waals surface area contributed by atoms with E-state index in [1.807, 2.05) is 6.07 Å². The van der Waals surface area contributed by atoms with Gasteiger partial charge < -0.3 is 10.6 Å². The molecule has 2 N–H and O–H groups in total. The molecule has 2 aromatic rings. The fraction of sp³-hybridized carbons (Fsp3) is 0.500. The third-order valence-corrected chi connectivity index (χ3v) is 5.16. The molecule has 0 atom stereocenters. The number of benzene rings is 1. The Morgan fingerprint density at radius 3 is 2.22 bits per heavy atom. The molecule has 0 spiro atoms. The average Bonchev–Trinajstić information content (AvgIpc) is 3.47. The molecule has 2 saturated carbocycles. The first-order chi connectivity index (χ1) is 13.0. The molecule has 0 saturated heterocycles. The summed E-state index contributed by atoms with van der Waals surface area (Å²) in [6.45, 7) is 0. The number of nitrogens with one attached hydrogen (secondary N) is 2. The van der Waals surface area contributed by atoms with E-state index < -0.39 is 11.7 Å². The summed E-state index contributed by atoms with van der Waals surface area (Å²) in [7, 11) is 0. The summed E-state index contributed by atoms with van der Waals surface area (Å²) in [5.74, 6) is 1.69. The second kappa shape index (κ2) is 7.37. The molecule has 4 nitrogen and oxygen atoms in total. The summed E-state index contributed by atoms with van der Waals surface area (Å²) in [6, 6.07) is 7.30. The highest BCUT2D eigenvalue weighted by molar-refractivity contribution is 5.58. The van der Waals surface area contributed by atoms with Crippen LogP contribution in [0.1, 0.15) is 62.1 Å². The van der Waals surface area contributed by atoms with Gasteiger partial charge in [0.15, 0.2) is 0 Å². The molecule has 2 aliphatic rings. The van der Waals surface area contributed by atoms with Crippen molar-refractivity contribution < 1.29 is 13.2 Å². The van der Waals surface area contributed by atoms with E-state index in [0.717, 1.165) is 43.5 Å². The van der Waals surface area contributed by atoms with E-state index in [0.29, 0.717) is 29.4 Å². The van der Waals surface area contributed by atoms with Crippen LogP contribution in [0.15, 0.2) is 30.3 Å². The molecule has 2 aliphatic carbocycles. The molecule has 1 aromatic heterocycles. The Kier molecular flexibility index (Phi) is 4.93. The second-order valence-corrected chi connectivity index (χ2v) is 7.46. The summed E-state index contributed by atoms with van der Waals surface area (Å²) in [4.78, 5) is 9.22. The normalized spacial score (nSPS) is 18.3. The minimum Gasteiger partial charge on any atom is -0.351 e. The molecule has 0 bridgehead atoms. The predicted octanol–water partition coefficient (Wildman–Crippen LogP) is 5.86. The van der Waals surface area contributed by atoms with Crippen molar-refractivity contribution in [3.05, 3.63) is 41.6 Å². The Labute approximate surface area is 156 Å². The van der Waals surface area contributed by atoms with Crippen LogP contribution in [0.3, 0.4) is 0 Å². The number of anilines is 3. The first-order valence-corrected chi connectivity index (χ1v) is 9.57. The van der Waals surface area contributed by atoms with Crippen LogP contribution in [0.25, 0.3) is 0 Å². The maximum absolute atomic E-state index is 12.7. The highest BCUT2D eigenvalue weighted by Gasteiger charge is 2.30. The smallest absolute Gasteiger partial charge is 0.351 e. The number of aromatic nitrogens is 2. The van der Waals surface area contributed by atoms with Crippen molar-refractivity contribution >= 4 is 17.5 Å². The summed E-state index contributed by atoms with van der Waals surface area (Å²) < 4.78 is 38.2. The van der Waals surface area contributed by atoms with E-state index in [-0.39, 0.29) is 0 Å². The Morgan fingerprint density at radius 2 is 1.59 bits per heavy atom. The fourth-order valence-electron chi connectivity index (χ4n) is 3.50. The zero-order chi connectivity index (χ0) is 18.9. The summed E-state index contributed by atoms with van der Waals surface area (Å²) >= 11 is 0. The van der Waals surface area contributed by atoms with Crippen molar-refractivity contribution in [2.45, 2.75) is 63.1 Å². The number of halogens is 3. The molecule has 0 radical (unpaired) electrons. The zero-order valence-electron chi connectivity index (χ0n) is 15.0. The largest absolute Gasteiger partial charge is 0.416 e. The predicted molar refractivity (Wildman–Crippen MR) is 99.2 cm³/mol. The third-order valence-electron chi connectivity index (χ3n) is 5.16. The van der Waals surface area contributed by atoms with Crippen LogP contribution in [0, 0.1) is 0 Å². The van der Waals surface area contributed by atoms with Crippen molar-refractivity contribution in [1.82, 2.24) is 9.97 Å². The molecule has 0 amide bonds. The molecule has 4 rings (SSSR count). The highest BCUT2D eigenvalue weighted by Crippen LogP contribution is 2.40. The van der Waals surface area contributed by atoms with E-state index in [9.17, 15) is 13.2 Å². The molecule has 0 aliphatic heterocycles. The van der Waals surface area contributed by atoms with Crippen molar-refractivity contribution in [1.29, 1.82) is 0 Å². The van der Waals surface area contributed by atoms with E-state index in [4.69, 9.17) is 0 Å². The molecule has 2 fully saturated rings. The molecule has 0 unspecified atom stereocenters. The zero-order valence-corrected chi connectivity index (χ0v) is 15.0. The number of rotatable bonds is 5. The maximum atomic E-state index is 12.7. The van der Waals surface area contributed by atoms with Gasteiger partial charge in [-0.15, -0.1) is 0 Å². The van der Waals surface area contributed by atoms with E-state index in [1.54, 1.807) is 0 Å². The van der Waals surface area contributed by atoms with Crippen LogP contribution in [0.5, 0.6) is 0 Å². The van der Waals surface area contributed by atoms with Crippen LogP contribution >= 0.6 is 0 Å². The van der Waals surface area contributed by atoms with E-state index in [1.165, 1.54) is 31.4 Å². The Morgan fingerprint density at radius 1 is 0.889 bits per heavy atom. The van der Waals surface area contributed by atoms with E-state index in [2.05, 4.69) is 20.6 Å². The van der Waals surface area contributed by atoms with Gasteiger partial charge in [0.1, 0.15) is 5.82 Å². The summed E-state index contributed by atoms with van der Waals surface area (Å²) in [5, 5.41) is 6.57. The van der Waals surface area contributed by atoms with Gasteiger partial charge in [0.2, 0.25) is 5.95 Å². The lowest BCUT2D eigenvalue weighted by Crippen LogP contribution is -2.23. The molecule has 27 heavy (non-hydrogen) atoms. The number of nitrogens with zero attached hydrogens (tertiary/aromatic N) is 2. The first kappa shape index (κ1) is 18.1. The molecule has 1 aromatic carbocycles. The molecular formula is C20H23F3N4. The molecular weight excluding hydrogens is 353 g/mol. The lowest BCUT2D eigenvalue weighted by molar-refractivity contribution is -0.137. The number of hydrogen-bond donors (Lipinski definition) is 2. The fourth-order valence-corrected chi connectivity index (χ4v) is 3.50. The van der Waals surface area contributed by atoms with Gasteiger partial charge >= 0.3 is 6.18 Å². The van der Waals surface area contributed by atoms with Crippen LogP contribution < -0.4 is 10.6 Å². The molecule has 7 heteroatoms. The van der Waals surface area contributed by atoms with Gasteiger partial charge in [-0.2, -0.15) is 18.2 Å². The summed E-state index contributed by atoms with van der Waals surface area (Å²) in [6.07, 6.45) is 3.88. The Bertz CT molecular complexity index is 779. The van der Waals surface area contributed by atoms with Crippen LogP contribution in [-0.4, -0.2) is 16.0 Å². The number of alkyl halides is 3. The van der Waals surface area contributed by atoms with Crippen LogP contribution in [0.4, 0.5) is 30.6 Å². The maximum Gasteiger partial charge on any atom is 0.416 e. The van der Waals surface area contributed by atoms with Gasteiger partial charge in [-0.05, 0) is 49.9 Å². The SMILES string of the molecule is FC(F)(F)c1ccc(Nc2cc(C3CC3)nc(NC3CCCCC3)n2)cc1. The van der Waals surface area contributed by atoms with Gasteiger partial charge in [-0.3, -0.25) is 0 Å². The monoisotopic (exact) mass is 376 g/mol. The molecule has 1 heterocycles. The van der Waals surface area contributed by atoms with Crippen molar-refractivity contribution in [3.8, 4) is 0 Å². The van der Waals surface area contributed by atoms with Crippen molar-refractivity contribution in [3.63, 3.8) is 0 Å². The van der Waals surface area contributed by atoms with Gasteiger partial charge in [0, 0.05) is 23.7 Å². The Hall–Kier alpha value is -2.31. The van der Waals surface area contributed by atoms with Gasteiger partial charge in [0.05, 0.1) is 11.3 Å². The average molecular weight is 376 g/mol. The summed E-state index contributed by atoms with van der Waals surface area (Å²) in [5.41, 5.74) is 0.916. The number of hydrogen-bond acceptors (Lipinski definition) is 4. The van der Waals surface area contributed by atoms with Crippen molar-refractivity contribution in [2.75, 3.05) is 10.6 Å². The third kappa shape index (κ3) is 4.70. The highest BCUT2D eigenvalue weighted by atomic mass is 19.4. The Balaban J connectivity index is 1.52. The first-order valence-electron chi connectivity index (χ1n) is 9.57. The minimum absolute atomic E-state index is 0.395. The minimum atomic E-state index is -4.33. The van der Waals surface area contributed by atoms with Gasteiger partial charge in [-0.1, -0.05) is 19.3 Å². The van der Waals surface area contributed by atoms with Gasteiger partial charge in [-0.25, -0.2) is 4.98 Å². The second-order valence-electron chi connectivity index (χ2n) is 7.46.